The molecule has 0 unspecified atom stereocenters. The van der Waals surface area contributed by atoms with Gasteiger partial charge in [-0.3, -0.25) is 4.39 Å². The molecule has 0 amide bonds. The fraction of sp³-hybridized carbons (Fsp3) is 0.400. The van der Waals surface area contributed by atoms with Crippen LogP contribution in [0.4, 0.5) is 13.2 Å². The van der Waals surface area contributed by atoms with Gasteiger partial charge in [-0.15, -0.1) is 0 Å². The molecule has 1 N–H and O–H groups in total. The molecule has 0 aliphatic carbocycles. The predicted octanol–water partition coefficient (Wildman–Crippen LogP) is 2.36. The first-order chi connectivity index (χ1) is 6.69. The largest absolute Gasteiger partial charge is 0.392 e. The van der Waals surface area contributed by atoms with Crippen LogP contribution in [-0.4, -0.2) is 11.8 Å². The number of benzene rings is 1. The van der Waals surface area contributed by atoms with Gasteiger partial charge in [0.05, 0.1) is 13.3 Å². The standard InChI is InChI=1S/C10H11F3O/c11-3-1-2-8-9(12)4-7(6-14)5-10(8)13/h4-5,14H,1-3,6H2. The van der Waals surface area contributed by atoms with E-state index in [1.807, 2.05) is 0 Å². The van der Waals surface area contributed by atoms with E-state index in [0.29, 0.717) is 0 Å². The Morgan fingerprint density at radius 3 is 2.14 bits per heavy atom. The zero-order valence-corrected chi connectivity index (χ0v) is 7.56. The first kappa shape index (κ1) is 11.0. The second kappa shape index (κ2) is 5.00. The number of hydrogen-bond donors (Lipinski definition) is 1. The average molecular weight is 204 g/mol. The number of alkyl halides is 1. The summed E-state index contributed by atoms with van der Waals surface area (Å²) in [6.45, 7) is -1.00. The highest BCUT2D eigenvalue weighted by Crippen LogP contribution is 2.17. The first-order valence-electron chi connectivity index (χ1n) is 4.32. The lowest BCUT2D eigenvalue weighted by molar-refractivity contribution is 0.280. The zero-order chi connectivity index (χ0) is 10.6. The van der Waals surface area contributed by atoms with Crippen molar-refractivity contribution in [1.29, 1.82) is 0 Å². The Hall–Kier alpha value is -1.03. The van der Waals surface area contributed by atoms with E-state index in [9.17, 15) is 13.2 Å². The van der Waals surface area contributed by atoms with Crippen LogP contribution < -0.4 is 0 Å². The van der Waals surface area contributed by atoms with Crippen molar-refractivity contribution in [3.63, 3.8) is 0 Å². The SMILES string of the molecule is OCc1cc(F)c(CCCF)c(F)c1. The van der Waals surface area contributed by atoms with Crippen molar-refractivity contribution in [1.82, 2.24) is 0 Å². The topological polar surface area (TPSA) is 20.2 Å². The zero-order valence-electron chi connectivity index (χ0n) is 7.56. The van der Waals surface area contributed by atoms with Crippen LogP contribution in [0.1, 0.15) is 17.5 Å². The lowest BCUT2D eigenvalue weighted by Gasteiger charge is -2.05. The Labute approximate surface area is 80.2 Å². The van der Waals surface area contributed by atoms with E-state index in [2.05, 4.69) is 0 Å². The fourth-order valence-corrected chi connectivity index (χ4v) is 1.23. The molecule has 0 bridgehead atoms. The van der Waals surface area contributed by atoms with Crippen molar-refractivity contribution >= 4 is 0 Å². The van der Waals surface area contributed by atoms with Gasteiger partial charge in [0, 0.05) is 5.56 Å². The average Bonchev–Trinajstić information content (AvgIpc) is 2.16. The molecule has 0 aliphatic rings. The fourth-order valence-electron chi connectivity index (χ4n) is 1.23. The van der Waals surface area contributed by atoms with Crippen LogP contribution >= 0.6 is 0 Å². The van der Waals surface area contributed by atoms with Gasteiger partial charge in [0.2, 0.25) is 0 Å². The van der Waals surface area contributed by atoms with Crippen molar-refractivity contribution in [3.05, 3.63) is 34.9 Å². The van der Waals surface area contributed by atoms with Crippen molar-refractivity contribution in [2.45, 2.75) is 19.4 Å². The van der Waals surface area contributed by atoms with E-state index in [0.717, 1.165) is 12.1 Å². The van der Waals surface area contributed by atoms with Crippen LogP contribution in [0.3, 0.4) is 0 Å². The molecular formula is C10H11F3O. The molecule has 0 aliphatic heterocycles. The van der Waals surface area contributed by atoms with Gasteiger partial charge in [0.15, 0.2) is 0 Å². The van der Waals surface area contributed by atoms with Crippen molar-refractivity contribution < 1.29 is 18.3 Å². The smallest absolute Gasteiger partial charge is 0.129 e. The summed E-state index contributed by atoms with van der Waals surface area (Å²) in [7, 11) is 0. The third kappa shape index (κ3) is 2.48. The van der Waals surface area contributed by atoms with E-state index in [1.165, 1.54) is 0 Å². The normalized spacial score (nSPS) is 10.6. The van der Waals surface area contributed by atoms with Gasteiger partial charge in [-0.2, -0.15) is 0 Å². The highest BCUT2D eigenvalue weighted by atomic mass is 19.1. The van der Waals surface area contributed by atoms with Gasteiger partial charge in [0.1, 0.15) is 11.6 Å². The third-order valence-corrected chi connectivity index (χ3v) is 1.94. The van der Waals surface area contributed by atoms with E-state index >= 15 is 0 Å². The molecule has 0 spiro atoms. The molecule has 1 aromatic rings. The summed E-state index contributed by atoms with van der Waals surface area (Å²) in [5, 5.41) is 8.66. The van der Waals surface area contributed by atoms with Gasteiger partial charge >= 0.3 is 0 Å². The maximum Gasteiger partial charge on any atom is 0.129 e. The number of hydrogen-bond acceptors (Lipinski definition) is 1. The Morgan fingerprint density at radius 2 is 1.71 bits per heavy atom. The molecule has 0 aromatic heterocycles. The lowest BCUT2D eigenvalue weighted by Crippen LogP contribution is -1.99. The first-order valence-corrected chi connectivity index (χ1v) is 4.32. The highest BCUT2D eigenvalue weighted by Gasteiger charge is 2.10. The van der Waals surface area contributed by atoms with Gasteiger partial charge in [-0.1, -0.05) is 0 Å². The van der Waals surface area contributed by atoms with E-state index in [1.54, 1.807) is 0 Å². The number of aliphatic hydroxyl groups is 1. The molecule has 1 rings (SSSR count). The second-order valence-electron chi connectivity index (χ2n) is 2.99. The molecule has 1 nitrogen and oxygen atoms in total. The Kier molecular flexibility index (Phi) is 3.95. The summed E-state index contributed by atoms with van der Waals surface area (Å²) < 4.78 is 38.1. The van der Waals surface area contributed by atoms with Gasteiger partial charge in [-0.05, 0) is 30.5 Å². The second-order valence-corrected chi connectivity index (χ2v) is 2.99. The van der Waals surface area contributed by atoms with Gasteiger partial charge < -0.3 is 5.11 Å². The van der Waals surface area contributed by atoms with Crippen LogP contribution in [0.2, 0.25) is 0 Å². The number of rotatable bonds is 4. The molecule has 78 valence electrons. The molecule has 4 heteroatoms. The van der Waals surface area contributed by atoms with Crippen LogP contribution in [-0.2, 0) is 13.0 Å². The molecule has 0 heterocycles. The molecule has 1 aromatic carbocycles. The maximum absolute atomic E-state index is 13.1. The van der Waals surface area contributed by atoms with Crippen molar-refractivity contribution in [2.24, 2.45) is 0 Å². The monoisotopic (exact) mass is 204 g/mol. The van der Waals surface area contributed by atoms with Crippen LogP contribution in [0.25, 0.3) is 0 Å². The van der Waals surface area contributed by atoms with Crippen molar-refractivity contribution in [3.8, 4) is 0 Å². The quantitative estimate of drug-likeness (QED) is 0.798. The van der Waals surface area contributed by atoms with E-state index in [-0.39, 0.29) is 24.0 Å². The summed E-state index contributed by atoms with van der Waals surface area (Å²) in [4.78, 5) is 0. The third-order valence-electron chi connectivity index (χ3n) is 1.94. The van der Waals surface area contributed by atoms with Crippen molar-refractivity contribution in [2.75, 3.05) is 6.67 Å². The van der Waals surface area contributed by atoms with Crippen LogP contribution in [0, 0.1) is 11.6 Å². The summed E-state index contributed by atoms with van der Waals surface area (Å²) >= 11 is 0. The highest BCUT2D eigenvalue weighted by molar-refractivity contribution is 5.26. The molecule has 0 saturated carbocycles. The van der Waals surface area contributed by atoms with E-state index < -0.39 is 24.9 Å². The minimum absolute atomic E-state index is 0.0415. The molecular weight excluding hydrogens is 193 g/mol. The summed E-state index contributed by atoms with van der Waals surface area (Å²) in [6.07, 6.45) is 0.145. The van der Waals surface area contributed by atoms with E-state index in [4.69, 9.17) is 5.11 Å². The number of aliphatic hydroxyl groups excluding tert-OH is 1. The Balaban J connectivity index is 2.93. The Morgan fingerprint density at radius 1 is 1.14 bits per heavy atom. The summed E-state index contributed by atoms with van der Waals surface area (Å²) in [5.74, 6) is -1.44. The summed E-state index contributed by atoms with van der Waals surface area (Å²) in [5.41, 5.74) is 0.0730. The van der Waals surface area contributed by atoms with Crippen LogP contribution in [0.5, 0.6) is 0 Å². The maximum atomic E-state index is 13.1. The van der Waals surface area contributed by atoms with Gasteiger partial charge in [-0.25, -0.2) is 8.78 Å². The predicted molar refractivity (Wildman–Crippen MR) is 46.6 cm³/mol. The minimum atomic E-state index is -0.720. The Bertz CT molecular complexity index is 289. The summed E-state index contributed by atoms with van der Waals surface area (Å²) in [6, 6.07) is 2.13. The minimum Gasteiger partial charge on any atom is -0.392 e. The molecule has 0 atom stereocenters. The molecule has 0 fully saturated rings. The molecule has 0 saturated heterocycles. The molecule has 0 radical (unpaired) electrons. The van der Waals surface area contributed by atoms with Gasteiger partial charge in [0.25, 0.3) is 0 Å². The lowest BCUT2D eigenvalue weighted by atomic mass is 10.1. The van der Waals surface area contributed by atoms with Crippen LogP contribution in [0.15, 0.2) is 12.1 Å². The molecule has 14 heavy (non-hydrogen) atoms. The number of halogens is 3.